The van der Waals surface area contributed by atoms with Crippen molar-refractivity contribution in [3.05, 3.63) is 71.6 Å². The number of hydrogen-bond acceptors (Lipinski definition) is 3. The van der Waals surface area contributed by atoms with Crippen molar-refractivity contribution in [1.29, 1.82) is 0 Å². The van der Waals surface area contributed by atoms with E-state index < -0.39 is 11.7 Å². The maximum atomic E-state index is 12.5. The van der Waals surface area contributed by atoms with Gasteiger partial charge in [0.2, 0.25) is 5.82 Å². The highest BCUT2D eigenvalue weighted by atomic mass is 35.5. The summed E-state index contributed by atoms with van der Waals surface area (Å²) in [7, 11) is 0. The van der Waals surface area contributed by atoms with Gasteiger partial charge in [-0.25, -0.2) is 0 Å². The minimum Gasteiger partial charge on any atom is -0.333 e. The number of alkyl halides is 3. The van der Waals surface area contributed by atoms with E-state index >= 15 is 0 Å². The molecule has 3 rings (SSSR count). The molecule has 0 fully saturated rings. The first-order chi connectivity index (χ1) is 11.4. The zero-order valence-electron chi connectivity index (χ0n) is 12.1. The van der Waals surface area contributed by atoms with Crippen LogP contribution in [0, 0.1) is 0 Å². The van der Waals surface area contributed by atoms with Gasteiger partial charge < -0.3 is 4.52 Å². The Labute approximate surface area is 140 Å². The van der Waals surface area contributed by atoms with Crippen LogP contribution in [0.3, 0.4) is 0 Å². The monoisotopic (exact) mass is 350 g/mol. The van der Waals surface area contributed by atoms with Crippen LogP contribution < -0.4 is 0 Å². The highest BCUT2D eigenvalue weighted by Gasteiger charge is 2.29. The summed E-state index contributed by atoms with van der Waals surface area (Å²) >= 11 is 6.11. The minimum absolute atomic E-state index is 0.0930. The van der Waals surface area contributed by atoms with Crippen LogP contribution in [0.2, 0.25) is 0 Å². The van der Waals surface area contributed by atoms with Crippen LogP contribution in [0.1, 0.15) is 17.0 Å². The first kappa shape index (κ1) is 16.3. The van der Waals surface area contributed by atoms with Gasteiger partial charge in [-0.05, 0) is 23.8 Å². The summed E-state index contributed by atoms with van der Waals surface area (Å²) in [4.78, 5) is 4.18. The van der Waals surface area contributed by atoms with Gasteiger partial charge in [-0.1, -0.05) is 59.2 Å². The molecule has 0 atom stereocenters. The second-order valence-electron chi connectivity index (χ2n) is 4.90. The molecule has 7 heteroatoms. The molecule has 0 N–H and O–H groups in total. The normalized spacial score (nSPS) is 12.4. The molecule has 1 aromatic heterocycles. The fourth-order valence-electron chi connectivity index (χ4n) is 2.00. The number of aromatic nitrogens is 2. The zero-order chi connectivity index (χ0) is 17.2. The molecule has 0 saturated carbocycles. The van der Waals surface area contributed by atoms with E-state index in [0.717, 1.165) is 17.7 Å². The second kappa shape index (κ2) is 6.49. The van der Waals surface area contributed by atoms with E-state index in [0.29, 0.717) is 11.4 Å². The summed E-state index contributed by atoms with van der Waals surface area (Å²) in [6.45, 7) is 0. The Kier molecular flexibility index (Phi) is 4.40. The topological polar surface area (TPSA) is 38.9 Å². The average molecular weight is 351 g/mol. The maximum absolute atomic E-state index is 12.5. The molecule has 0 bridgehead atoms. The van der Waals surface area contributed by atoms with Gasteiger partial charge >= 0.3 is 6.18 Å². The largest absolute Gasteiger partial charge is 0.416 e. The summed E-state index contributed by atoms with van der Waals surface area (Å²) in [6.07, 6.45) is -2.91. The first-order valence-corrected chi connectivity index (χ1v) is 7.25. The summed E-state index contributed by atoms with van der Waals surface area (Å²) in [5.74, 6) is 0.472. The highest BCUT2D eigenvalue weighted by Crippen LogP contribution is 2.30. The fraction of sp³-hybridized carbons (Fsp3) is 0.0588. The van der Waals surface area contributed by atoms with Crippen molar-refractivity contribution >= 4 is 22.7 Å². The van der Waals surface area contributed by atoms with Gasteiger partial charge in [-0.15, -0.1) is 0 Å². The van der Waals surface area contributed by atoms with E-state index in [1.54, 1.807) is 0 Å². The molecule has 1 heterocycles. The van der Waals surface area contributed by atoms with Crippen LogP contribution in [-0.2, 0) is 6.18 Å². The van der Waals surface area contributed by atoms with Gasteiger partial charge in [0.15, 0.2) is 0 Å². The lowest BCUT2D eigenvalue weighted by atomic mass is 10.1. The Bertz CT molecular complexity index is 856. The van der Waals surface area contributed by atoms with Gasteiger partial charge in [0.05, 0.1) is 5.56 Å². The summed E-state index contributed by atoms with van der Waals surface area (Å²) in [5, 5.41) is 3.98. The van der Waals surface area contributed by atoms with Crippen LogP contribution in [-0.4, -0.2) is 10.1 Å². The number of rotatable bonds is 3. The van der Waals surface area contributed by atoms with E-state index in [-0.39, 0.29) is 10.9 Å². The lowest BCUT2D eigenvalue weighted by Crippen LogP contribution is -2.03. The molecular weight excluding hydrogens is 341 g/mol. The van der Waals surface area contributed by atoms with Gasteiger partial charge in [-0.3, -0.25) is 0 Å². The number of nitrogens with zero attached hydrogens (tertiary/aromatic N) is 2. The maximum Gasteiger partial charge on any atom is 0.416 e. The van der Waals surface area contributed by atoms with Crippen LogP contribution >= 0.6 is 11.6 Å². The quantitative estimate of drug-likeness (QED) is 0.626. The predicted molar refractivity (Wildman–Crippen MR) is 84.9 cm³/mol. The van der Waals surface area contributed by atoms with Crippen LogP contribution in [0.4, 0.5) is 13.2 Å². The molecule has 3 aromatic rings. The molecule has 0 radical (unpaired) electrons. The van der Waals surface area contributed by atoms with Crippen LogP contribution in [0.5, 0.6) is 0 Å². The van der Waals surface area contributed by atoms with Crippen molar-refractivity contribution in [3.63, 3.8) is 0 Å². The number of hydrogen-bond donors (Lipinski definition) is 0. The summed E-state index contributed by atoms with van der Waals surface area (Å²) < 4.78 is 42.7. The van der Waals surface area contributed by atoms with E-state index in [1.807, 2.05) is 30.3 Å². The lowest BCUT2D eigenvalue weighted by molar-refractivity contribution is -0.137. The molecule has 0 spiro atoms. The fourth-order valence-corrected chi connectivity index (χ4v) is 2.20. The minimum atomic E-state index is -4.37. The van der Waals surface area contributed by atoms with Crippen molar-refractivity contribution in [2.24, 2.45) is 0 Å². The van der Waals surface area contributed by atoms with Crippen LogP contribution in [0.15, 0.2) is 59.1 Å². The summed E-state index contributed by atoms with van der Waals surface area (Å²) in [6, 6.07) is 13.8. The number of halogens is 4. The lowest BCUT2D eigenvalue weighted by Gasteiger charge is -2.05. The van der Waals surface area contributed by atoms with Crippen molar-refractivity contribution < 1.29 is 17.7 Å². The van der Waals surface area contributed by atoms with Crippen molar-refractivity contribution in [2.75, 3.05) is 0 Å². The van der Waals surface area contributed by atoms with Crippen molar-refractivity contribution in [3.8, 4) is 11.4 Å². The van der Waals surface area contributed by atoms with E-state index in [2.05, 4.69) is 10.1 Å². The molecule has 24 heavy (non-hydrogen) atoms. The Morgan fingerprint density at radius 1 is 1.00 bits per heavy atom. The van der Waals surface area contributed by atoms with Crippen molar-refractivity contribution in [2.45, 2.75) is 6.18 Å². The van der Waals surface area contributed by atoms with Crippen LogP contribution in [0.25, 0.3) is 22.5 Å². The molecular formula is C17H10ClF3N2O. The number of benzene rings is 2. The van der Waals surface area contributed by atoms with Gasteiger partial charge in [0.25, 0.3) is 5.89 Å². The molecule has 3 nitrogen and oxygen atoms in total. The molecule has 0 amide bonds. The van der Waals surface area contributed by atoms with Gasteiger partial charge in [0, 0.05) is 5.56 Å². The molecule has 2 aromatic carbocycles. The van der Waals surface area contributed by atoms with E-state index in [1.165, 1.54) is 18.2 Å². The van der Waals surface area contributed by atoms with E-state index in [4.69, 9.17) is 16.1 Å². The standard InChI is InChI=1S/C17H10ClF3N2O/c18-14(10-11-6-8-13(9-7-11)17(19,20)21)16-22-15(23-24-16)12-4-2-1-3-5-12/h1-10H/b14-10-. The third-order valence-electron chi connectivity index (χ3n) is 3.19. The third kappa shape index (κ3) is 3.65. The second-order valence-corrected chi connectivity index (χ2v) is 5.31. The van der Waals surface area contributed by atoms with Gasteiger partial charge in [0.1, 0.15) is 5.03 Å². The molecule has 0 saturated heterocycles. The smallest absolute Gasteiger partial charge is 0.333 e. The van der Waals surface area contributed by atoms with E-state index in [9.17, 15) is 13.2 Å². The Balaban J connectivity index is 1.83. The Hall–Kier alpha value is -2.60. The SMILES string of the molecule is FC(F)(F)c1ccc(/C=C(\Cl)c2nc(-c3ccccc3)no2)cc1. The predicted octanol–water partition coefficient (Wildman–Crippen LogP) is 5.49. The summed E-state index contributed by atoms with van der Waals surface area (Å²) in [5.41, 5.74) is 0.541. The van der Waals surface area contributed by atoms with Crippen molar-refractivity contribution in [1.82, 2.24) is 10.1 Å². The molecule has 0 aliphatic heterocycles. The first-order valence-electron chi connectivity index (χ1n) is 6.87. The molecule has 0 aliphatic rings. The zero-order valence-corrected chi connectivity index (χ0v) is 12.8. The Morgan fingerprint density at radius 3 is 2.29 bits per heavy atom. The molecule has 0 aliphatic carbocycles. The third-order valence-corrected chi connectivity index (χ3v) is 3.46. The molecule has 122 valence electrons. The van der Waals surface area contributed by atoms with Gasteiger partial charge in [-0.2, -0.15) is 18.2 Å². The molecule has 0 unspecified atom stereocenters. The average Bonchev–Trinajstić information content (AvgIpc) is 3.05. The highest BCUT2D eigenvalue weighted by molar-refractivity contribution is 6.50. The Morgan fingerprint density at radius 2 is 1.67 bits per heavy atom.